The maximum absolute atomic E-state index is 12.3. The van der Waals surface area contributed by atoms with E-state index in [0.717, 1.165) is 5.56 Å². The number of hydrogen-bond donors (Lipinski definition) is 1. The van der Waals surface area contributed by atoms with Gasteiger partial charge in [0.25, 0.3) is 5.91 Å². The molecule has 0 aliphatic rings. The van der Waals surface area contributed by atoms with E-state index in [1.807, 2.05) is 18.2 Å². The zero-order valence-corrected chi connectivity index (χ0v) is 12.4. The molecule has 0 saturated heterocycles. The zero-order valence-electron chi connectivity index (χ0n) is 12.4. The van der Waals surface area contributed by atoms with Crippen LogP contribution in [0.15, 0.2) is 43.0 Å². The molecule has 0 bridgehead atoms. The van der Waals surface area contributed by atoms with E-state index in [1.165, 1.54) is 14.2 Å². The number of carbonyl (C=O) groups is 2. The van der Waals surface area contributed by atoms with Crippen molar-refractivity contribution < 1.29 is 19.1 Å². The van der Waals surface area contributed by atoms with Gasteiger partial charge < -0.3 is 14.8 Å². The summed E-state index contributed by atoms with van der Waals surface area (Å²) in [5, 5.41) is 2.67. The quantitative estimate of drug-likeness (QED) is 0.588. The topological polar surface area (TPSA) is 64.6 Å². The molecule has 1 aromatic carbocycles. The molecule has 1 rings (SSSR count). The Morgan fingerprint density at radius 3 is 2.48 bits per heavy atom. The fourth-order valence-corrected chi connectivity index (χ4v) is 1.95. The normalized spacial score (nSPS) is 13.0. The SMILES string of the molecule is C=CCC[C@@H](NC(=O)[C@@H](OC)c1ccccc1)C(=O)OC. The van der Waals surface area contributed by atoms with Crippen LogP contribution in [0.4, 0.5) is 0 Å². The van der Waals surface area contributed by atoms with E-state index in [-0.39, 0.29) is 5.91 Å². The average Bonchev–Trinajstić information content (AvgIpc) is 2.52. The second-order valence-corrected chi connectivity index (χ2v) is 4.48. The van der Waals surface area contributed by atoms with E-state index in [9.17, 15) is 9.59 Å². The van der Waals surface area contributed by atoms with E-state index < -0.39 is 18.1 Å². The van der Waals surface area contributed by atoms with Crippen molar-refractivity contribution in [1.29, 1.82) is 0 Å². The molecule has 1 N–H and O–H groups in total. The molecule has 1 aromatic rings. The molecular formula is C16H21NO4. The third kappa shape index (κ3) is 5.04. The van der Waals surface area contributed by atoms with Crippen molar-refractivity contribution in [1.82, 2.24) is 5.32 Å². The fourth-order valence-electron chi connectivity index (χ4n) is 1.95. The highest BCUT2D eigenvalue weighted by Gasteiger charge is 2.26. The summed E-state index contributed by atoms with van der Waals surface area (Å²) >= 11 is 0. The summed E-state index contributed by atoms with van der Waals surface area (Å²) in [6.07, 6.45) is 1.96. The Morgan fingerprint density at radius 1 is 1.29 bits per heavy atom. The highest BCUT2D eigenvalue weighted by molar-refractivity contribution is 5.87. The smallest absolute Gasteiger partial charge is 0.328 e. The lowest BCUT2D eigenvalue weighted by Gasteiger charge is -2.20. The number of amides is 1. The van der Waals surface area contributed by atoms with Gasteiger partial charge in [-0.25, -0.2) is 4.79 Å². The molecule has 5 nitrogen and oxygen atoms in total. The molecule has 114 valence electrons. The van der Waals surface area contributed by atoms with Crippen LogP contribution in [0, 0.1) is 0 Å². The van der Waals surface area contributed by atoms with Crippen LogP contribution in [0.25, 0.3) is 0 Å². The largest absolute Gasteiger partial charge is 0.467 e. The first kappa shape index (κ1) is 16.9. The number of hydrogen-bond acceptors (Lipinski definition) is 4. The lowest BCUT2D eigenvalue weighted by Crippen LogP contribution is -2.43. The molecule has 0 aromatic heterocycles. The zero-order chi connectivity index (χ0) is 15.7. The number of rotatable bonds is 8. The number of benzene rings is 1. The Kier molecular flexibility index (Phi) is 7.18. The second-order valence-electron chi connectivity index (χ2n) is 4.48. The minimum atomic E-state index is -0.762. The Hall–Kier alpha value is -2.14. The van der Waals surface area contributed by atoms with Crippen molar-refractivity contribution in [2.75, 3.05) is 14.2 Å². The van der Waals surface area contributed by atoms with Gasteiger partial charge in [0.05, 0.1) is 7.11 Å². The van der Waals surface area contributed by atoms with E-state index in [1.54, 1.807) is 18.2 Å². The van der Waals surface area contributed by atoms with Gasteiger partial charge in [-0.2, -0.15) is 0 Å². The minimum absolute atomic E-state index is 0.372. The van der Waals surface area contributed by atoms with Gasteiger partial charge >= 0.3 is 5.97 Å². The molecule has 1 amide bonds. The molecule has 0 aliphatic heterocycles. The molecule has 0 aliphatic carbocycles. The monoisotopic (exact) mass is 291 g/mol. The van der Waals surface area contributed by atoms with Crippen molar-refractivity contribution in [2.24, 2.45) is 0 Å². The van der Waals surface area contributed by atoms with Gasteiger partial charge in [0.1, 0.15) is 6.04 Å². The molecule has 0 fully saturated rings. The van der Waals surface area contributed by atoms with Gasteiger partial charge in [-0.05, 0) is 18.4 Å². The minimum Gasteiger partial charge on any atom is -0.467 e. The maximum atomic E-state index is 12.3. The summed E-state index contributed by atoms with van der Waals surface area (Å²) in [6, 6.07) is 8.39. The number of methoxy groups -OCH3 is 2. The molecule has 0 radical (unpaired) electrons. The lowest BCUT2D eigenvalue weighted by atomic mass is 10.1. The molecule has 21 heavy (non-hydrogen) atoms. The molecule has 0 heterocycles. The van der Waals surface area contributed by atoms with Crippen LogP contribution in [0.1, 0.15) is 24.5 Å². The van der Waals surface area contributed by atoms with Crippen LogP contribution in [0.2, 0.25) is 0 Å². The van der Waals surface area contributed by atoms with Crippen molar-refractivity contribution in [3.05, 3.63) is 48.6 Å². The number of ether oxygens (including phenoxy) is 2. The summed E-state index contributed by atoms with van der Waals surface area (Å²) in [7, 11) is 2.74. The first-order chi connectivity index (χ1) is 10.1. The van der Waals surface area contributed by atoms with Crippen LogP contribution in [-0.4, -0.2) is 32.1 Å². The van der Waals surface area contributed by atoms with E-state index in [0.29, 0.717) is 12.8 Å². The standard InChI is InChI=1S/C16H21NO4/c1-4-5-11-13(16(19)21-3)17-15(18)14(20-2)12-9-7-6-8-10-12/h4,6-10,13-14H,1,5,11H2,2-3H3,(H,17,18)/t13-,14+/m1/s1. The first-order valence-corrected chi connectivity index (χ1v) is 6.70. The van der Waals surface area contributed by atoms with E-state index in [2.05, 4.69) is 11.9 Å². The van der Waals surface area contributed by atoms with Gasteiger partial charge in [-0.15, -0.1) is 6.58 Å². The number of allylic oxidation sites excluding steroid dienone is 1. The van der Waals surface area contributed by atoms with Gasteiger partial charge in [0.2, 0.25) is 0 Å². The summed E-state index contributed by atoms with van der Waals surface area (Å²) < 4.78 is 9.93. The molecule has 0 saturated carbocycles. The summed E-state index contributed by atoms with van der Waals surface area (Å²) in [5.74, 6) is -0.851. The van der Waals surface area contributed by atoms with Crippen LogP contribution in [-0.2, 0) is 19.1 Å². The molecule has 0 spiro atoms. The van der Waals surface area contributed by atoms with Gasteiger partial charge in [0, 0.05) is 7.11 Å². The van der Waals surface area contributed by atoms with Crippen molar-refractivity contribution >= 4 is 11.9 Å². The molecule has 2 atom stereocenters. The third-order valence-corrected chi connectivity index (χ3v) is 3.04. The van der Waals surface area contributed by atoms with Crippen molar-refractivity contribution in [3.63, 3.8) is 0 Å². The van der Waals surface area contributed by atoms with E-state index in [4.69, 9.17) is 9.47 Å². The summed E-state index contributed by atoms with van der Waals surface area (Å²) in [4.78, 5) is 24.0. The molecule has 5 heteroatoms. The summed E-state index contributed by atoms with van der Waals surface area (Å²) in [6.45, 7) is 3.61. The predicted octanol–water partition coefficient (Wildman–Crippen LogP) is 2.00. The highest BCUT2D eigenvalue weighted by Crippen LogP contribution is 2.17. The maximum Gasteiger partial charge on any atom is 0.328 e. The van der Waals surface area contributed by atoms with E-state index >= 15 is 0 Å². The Bertz CT molecular complexity index is 472. The van der Waals surface area contributed by atoms with Crippen molar-refractivity contribution in [3.8, 4) is 0 Å². The van der Waals surface area contributed by atoms with Crippen LogP contribution < -0.4 is 5.32 Å². The predicted molar refractivity (Wildman–Crippen MR) is 79.6 cm³/mol. The highest BCUT2D eigenvalue weighted by atomic mass is 16.5. The molecular weight excluding hydrogens is 270 g/mol. The fraction of sp³-hybridized carbons (Fsp3) is 0.375. The molecule has 0 unspecified atom stereocenters. The average molecular weight is 291 g/mol. The Morgan fingerprint density at radius 2 is 1.95 bits per heavy atom. The Balaban J connectivity index is 2.79. The number of nitrogens with one attached hydrogen (secondary N) is 1. The first-order valence-electron chi connectivity index (χ1n) is 6.70. The summed E-state index contributed by atoms with van der Waals surface area (Å²) in [5.41, 5.74) is 0.727. The van der Waals surface area contributed by atoms with Crippen LogP contribution >= 0.6 is 0 Å². The lowest BCUT2D eigenvalue weighted by molar-refractivity contribution is -0.147. The van der Waals surface area contributed by atoms with Crippen LogP contribution in [0.5, 0.6) is 0 Å². The second kappa shape index (κ2) is 8.92. The van der Waals surface area contributed by atoms with Crippen LogP contribution in [0.3, 0.4) is 0 Å². The Labute approximate surface area is 124 Å². The number of carbonyl (C=O) groups excluding carboxylic acids is 2. The van der Waals surface area contributed by atoms with Gasteiger partial charge in [-0.1, -0.05) is 36.4 Å². The third-order valence-electron chi connectivity index (χ3n) is 3.04. The van der Waals surface area contributed by atoms with Gasteiger partial charge in [-0.3, -0.25) is 4.79 Å². The van der Waals surface area contributed by atoms with Crippen molar-refractivity contribution in [2.45, 2.75) is 25.0 Å². The van der Waals surface area contributed by atoms with Gasteiger partial charge in [0.15, 0.2) is 6.10 Å². The number of esters is 1.